The Hall–Kier alpha value is -3.26. The van der Waals surface area contributed by atoms with Crippen LogP contribution in [0.4, 0.5) is 10.1 Å². The van der Waals surface area contributed by atoms with E-state index < -0.39 is 29.6 Å². The average molecular weight is 471 g/mol. The van der Waals surface area contributed by atoms with Gasteiger partial charge < -0.3 is 9.32 Å². The Balaban J connectivity index is 1.67. The van der Waals surface area contributed by atoms with Crippen LogP contribution in [-0.4, -0.2) is 28.7 Å². The van der Waals surface area contributed by atoms with Crippen molar-refractivity contribution in [1.29, 1.82) is 0 Å². The van der Waals surface area contributed by atoms with Gasteiger partial charge in [-0.3, -0.25) is 14.4 Å². The van der Waals surface area contributed by atoms with Crippen LogP contribution in [0.3, 0.4) is 0 Å². The zero-order chi connectivity index (χ0) is 21.3. The fourth-order valence-corrected chi connectivity index (χ4v) is 3.64. The van der Waals surface area contributed by atoms with E-state index in [2.05, 4.69) is 15.9 Å². The first-order valence-electron chi connectivity index (χ1n) is 9.15. The fraction of sp³-hybridized carbons (Fsp3) is 0.136. The second-order valence-electron chi connectivity index (χ2n) is 6.78. The second-order valence-corrected chi connectivity index (χ2v) is 7.70. The third-order valence-corrected chi connectivity index (χ3v) is 5.37. The number of benzene rings is 2. The largest absolute Gasteiger partial charge is 0.467 e. The number of hydrogen-bond donors (Lipinski definition) is 0. The summed E-state index contributed by atoms with van der Waals surface area (Å²) in [6.45, 7) is 0.00107. The first-order valence-corrected chi connectivity index (χ1v) is 9.94. The lowest BCUT2D eigenvalue weighted by Crippen LogP contribution is -2.45. The second kappa shape index (κ2) is 8.23. The average Bonchev–Trinajstić information content (AvgIpc) is 3.35. The maximum atomic E-state index is 13.3. The van der Waals surface area contributed by atoms with Gasteiger partial charge in [0.25, 0.3) is 11.8 Å². The molecule has 152 valence electrons. The minimum atomic E-state index is -0.996. The quantitative estimate of drug-likeness (QED) is 0.525. The highest BCUT2D eigenvalue weighted by Gasteiger charge is 2.44. The van der Waals surface area contributed by atoms with E-state index in [1.807, 2.05) is 0 Å². The van der Waals surface area contributed by atoms with Gasteiger partial charge in [0.1, 0.15) is 17.6 Å². The highest BCUT2D eigenvalue weighted by Crippen LogP contribution is 2.29. The van der Waals surface area contributed by atoms with Crippen molar-refractivity contribution in [3.8, 4) is 0 Å². The first-order chi connectivity index (χ1) is 14.4. The molecule has 1 saturated heterocycles. The number of furan rings is 1. The summed E-state index contributed by atoms with van der Waals surface area (Å²) < 4.78 is 19.4. The monoisotopic (exact) mass is 470 g/mol. The van der Waals surface area contributed by atoms with Crippen LogP contribution in [0, 0.1) is 5.82 Å². The number of amides is 3. The Labute approximate surface area is 180 Å². The van der Waals surface area contributed by atoms with Crippen molar-refractivity contribution in [2.45, 2.75) is 19.0 Å². The topological polar surface area (TPSA) is 70.8 Å². The molecule has 1 aromatic heterocycles. The smallest absolute Gasteiger partial charge is 0.257 e. The Bertz CT molecular complexity index is 1080. The van der Waals surface area contributed by atoms with Crippen LogP contribution in [0.2, 0.25) is 0 Å². The normalized spacial score (nSPS) is 16.2. The van der Waals surface area contributed by atoms with E-state index in [9.17, 15) is 18.8 Å². The Morgan fingerprint density at radius 3 is 2.43 bits per heavy atom. The summed E-state index contributed by atoms with van der Waals surface area (Å²) in [5.41, 5.74) is 0.646. The molecule has 4 rings (SSSR count). The molecule has 0 spiro atoms. The minimum Gasteiger partial charge on any atom is -0.467 e. The highest BCUT2D eigenvalue weighted by atomic mass is 79.9. The van der Waals surface area contributed by atoms with Crippen molar-refractivity contribution >= 4 is 39.3 Å². The molecule has 2 heterocycles. The van der Waals surface area contributed by atoms with E-state index in [4.69, 9.17) is 4.42 Å². The molecule has 3 amide bonds. The molecule has 0 N–H and O–H groups in total. The molecule has 1 fully saturated rings. The minimum absolute atomic E-state index is 0.00107. The molecule has 0 radical (unpaired) electrons. The zero-order valence-electron chi connectivity index (χ0n) is 15.6. The number of anilines is 1. The summed E-state index contributed by atoms with van der Waals surface area (Å²) in [5, 5.41) is 0. The summed E-state index contributed by atoms with van der Waals surface area (Å²) in [5.74, 6) is -1.39. The zero-order valence-corrected chi connectivity index (χ0v) is 17.2. The van der Waals surface area contributed by atoms with Crippen LogP contribution < -0.4 is 4.90 Å². The van der Waals surface area contributed by atoms with Crippen LogP contribution >= 0.6 is 15.9 Å². The number of nitrogens with zero attached hydrogens (tertiary/aromatic N) is 2. The SMILES string of the molecule is O=C1CC(N(Cc2ccco2)C(=O)c2ccc(F)cc2)C(=O)N1c1ccc(Br)cc1. The lowest BCUT2D eigenvalue weighted by Gasteiger charge is -2.27. The number of rotatable bonds is 5. The Kier molecular flexibility index (Phi) is 5.50. The molecule has 0 bridgehead atoms. The van der Waals surface area contributed by atoms with Gasteiger partial charge >= 0.3 is 0 Å². The van der Waals surface area contributed by atoms with Gasteiger partial charge in [-0.25, -0.2) is 9.29 Å². The van der Waals surface area contributed by atoms with E-state index in [1.165, 1.54) is 35.4 Å². The van der Waals surface area contributed by atoms with E-state index >= 15 is 0 Å². The number of carbonyl (C=O) groups excluding carboxylic acids is 3. The molecular formula is C22H16BrFN2O4. The maximum absolute atomic E-state index is 13.3. The Morgan fingerprint density at radius 1 is 1.10 bits per heavy atom. The van der Waals surface area contributed by atoms with E-state index in [1.54, 1.807) is 36.4 Å². The number of imide groups is 1. The van der Waals surface area contributed by atoms with Crippen molar-refractivity contribution in [3.63, 3.8) is 0 Å². The number of hydrogen-bond acceptors (Lipinski definition) is 4. The standard InChI is InChI=1S/C22H16BrFN2O4/c23-15-5-9-17(10-6-15)26-20(27)12-19(22(26)29)25(13-18-2-1-11-30-18)21(28)14-3-7-16(24)8-4-14/h1-11,19H,12-13H2. The summed E-state index contributed by atoms with van der Waals surface area (Å²) in [6.07, 6.45) is 1.31. The van der Waals surface area contributed by atoms with E-state index in [0.29, 0.717) is 11.4 Å². The molecule has 0 aliphatic carbocycles. The van der Waals surface area contributed by atoms with Gasteiger partial charge in [-0.05, 0) is 60.7 Å². The van der Waals surface area contributed by atoms with Crippen molar-refractivity contribution < 1.29 is 23.2 Å². The third-order valence-electron chi connectivity index (χ3n) is 4.84. The molecule has 1 aliphatic rings. The molecule has 0 saturated carbocycles. The van der Waals surface area contributed by atoms with E-state index in [0.717, 1.165) is 9.37 Å². The van der Waals surface area contributed by atoms with E-state index in [-0.39, 0.29) is 18.5 Å². The molecule has 1 aliphatic heterocycles. The van der Waals surface area contributed by atoms with Gasteiger partial charge in [0.15, 0.2) is 0 Å². The number of halogens is 2. The summed E-state index contributed by atoms with van der Waals surface area (Å²) >= 11 is 3.32. The predicted octanol–water partition coefficient (Wildman–Crippen LogP) is 4.16. The van der Waals surface area contributed by atoms with Gasteiger partial charge in [0.05, 0.1) is 24.9 Å². The van der Waals surface area contributed by atoms with Crippen LogP contribution in [0.15, 0.2) is 75.8 Å². The lowest BCUT2D eigenvalue weighted by atomic mass is 10.1. The van der Waals surface area contributed by atoms with Crippen molar-refractivity contribution in [1.82, 2.24) is 4.90 Å². The van der Waals surface area contributed by atoms with Gasteiger partial charge in [0.2, 0.25) is 5.91 Å². The molecule has 2 aromatic carbocycles. The molecule has 3 aromatic rings. The van der Waals surface area contributed by atoms with Gasteiger partial charge in [-0.15, -0.1) is 0 Å². The third kappa shape index (κ3) is 3.91. The van der Waals surface area contributed by atoms with Crippen molar-refractivity contribution in [2.75, 3.05) is 4.90 Å². The van der Waals surface area contributed by atoms with Crippen LogP contribution in [-0.2, 0) is 16.1 Å². The van der Waals surface area contributed by atoms with Gasteiger partial charge in [-0.2, -0.15) is 0 Å². The van der Waals surface area contributed by atoms with Crippen LogP contribution in [0.25, 0.3) is 0 Å². The molecule has 6 nitrogen and oxygen atoms in total. The summed E-state index contributed by atoms with van der Waals surface area (Å²) in [4.78, 5) is 41.4. The molecule has 8 heteroatoms. The maximum Gasteiger partial charge on any atom is 0.257 e. The fourth-order valence-electron chi connectivity index (χ4n) is 3.37. The first kappa shape index (κ1) is 20.0. The highest BCUT2D eigenvalue weighted by molar-refractivity contribution is 9.10. The predicted molar refractivity (Wildman–Crippen MR) is 110 cm³/mol. The van der Waals surface area contributed by atoms with Gasteiger partial charge in [0, 0.05) is 10.0 Å². The van der Waals surface area contributed by atoms with Crippen LogP contribution in [0.5, 0.6) is 0 Å². The summed E-state index contributed by atoms with van der Waals surface area (Å²) in [7, 11) is 0. The Morgan fingerprint density at radius 2 is 1.80 bits per heavy atom. The van der Waals surface area contributed by atoms with Gasteiger partial charge in [-0.1, -0.05) is 15.9 Å². The molecule has 30 heavy (non-hydrogen) atoms. The van der Waals surface area contributed by atoms with Crippen molar-refractivity contribution in [3.05, 3.63) is 88.5 Å². The number of carbonyl (C=O) groups is 3. The molecule has 1 atom stereocenters. The van der Waals surface area contributed by atoms with Crippen LogP contribution in [0.1, 0.15) is 22.5 Å². The summed E-state index contributed by atoms with van der Waals surface area (Å²) in [6, 6.07) is 14.2. The molecular weight excluding hydrogens is 455 g/mol. The molecule has 1 unspecified atom stereocenters. The lowest BCUT2D eigenvalue weighted by molar-refractivity contribution is -0.122. The van der Waals surface area contributed by atoms with Crippen molar-refractivity contribution in [2.24, 2.45) is 0 Å².